The lowest BCUT2D eigenvalue weighted by molar-refractivity contribution is -0.151. The lowest BCUT2D eigenvalue weighted by Gasteiger charge is -2.48. The van der Waals surface area contributed by atoms with Crippen LogP contribution in [-0.4, -0.2) is 54.3 Å². The summed E-state index contributed by atoms with van der Waals surface area (Å²) < 4.78 is 16.0. The molecule has 0 bridgehead atoms. The van der Waals surface area contributed by atoms with E-state index in [4.69, 9.17) is 14.2 Å². The number of nitrogens with zero attached hydrogens (tertiary/aromatic N) is 1. The Bertz CT molecular complexity index is 1100. The van der Waals surface area contributed by atoms with Crippen LogP contribution in [0.3, 0.4) is 0 Å². The number of carbonyl (C=O) groups excluding carboxylic acids is 3. The van der Waals surface area contributed by atoms with Gasteiger partial charge in [0.15, 0.2) is 16.4 Å². The topological polar surface area (TPSA) is 116 Å². The van der Waals surface area contributed by atoms with Crippen LogP contribution in [-0.2, 0) is 23.8 Å². The third kappa shape index (κ3) is 5.17. The third-order valence-corrected chi connectivity index (χ3v) is 6.57. The molecule has 0 amide bonds. The van der Waals surface area contributed by atoms with Gasteiger partial charge in [-0.3, -0.25) is 0 Å². The molecule has 2 N–H and O–H groups in total. The second-order valence-electron chi connectivity index (χ2n) is 7.94. The number of carbonyl (C=O) groups is 3. The molecule has 10 heteroatoms. The van der Waals surface area contributed by atoms with Gasteiger partial charge in [0.05, 0.1) is 37.4 Å². The first kappa shape index (κ1) is 26.2. The molecule has 3 unspecified atom stereocenters. The van der Waals surface area contributed by atoms with Crippen molar-refractivity contribution in [2.75, 3.05) is 25.1 Å². The van der Waals surface area contributed by atoms with Crippen molar-refractivity contribution < 1.29 is 28.6 Å². The summed E-state index contributed by atoms with van der Waals surface area (Å²) in [7, 11) is 0. The van der Waals surface area contributed by atoms with Crippen molar-refractivity contribution in [2.24, 2.45) is 0 Å². The standard InChI is InChI=1S/C25H31N3O6S/c1-6-32-21(29)18-14-35-24(27-18)28-25(23(31)34-8-3)16(5)26-15(4)19(22(30)33-7-2)20(25)17-12-10-9-11-13-17/h9-14,16,20,26H,6-8H2,1-5H3,(H,27,28). The van der Waals surface area contributed by atoms with E-state index in [-0.39, 0.29) is 25.5 Å². The van der Waals surface area contributed by atoms with E-state index in [0.717, 1.165) is 16.9 Å². The number of esters is 3. The number of allylic oxidation sites excluding steroid dienone is 1. The Morgan fingerprint density at radius 3 is 2.29 bits per heavy atom. The number of hydrogen-bond donors (Lipinski definition) is 2. The molecule has 9 nitrogen and oxygen atoms in total. The van der Waals surface area contributed by atoms with Gasteiger partial charge in [-0.05, 0) is 40.2 Å². The molecular weight excluding hydrogens is 470 g/mol. The maximum Gasteiger partial charge on any atom is 0.357 e. The normalized spacial score (nSPS) is 21.6. The number of nitrogens with one attached hydrogen (secondary N) is 2. The Kier molecular flexibility index (Phi) is 8.50. The Balaban J connectivity index is 2.22. The first-order valence-electron chi connectivity index (χ1n) is 11.6. The zero-order valence-corrected chi connectivity index (χ0v) is 21.4. The van der Waals surface area contributed by atoms with Crippen molar-refractivity contribution in [3.63, 3.8) is 0 Å². The van der Waals surface area contributed by atoms with E-state index in [0.29, 0.717) is 16.4 Å². The molecule has 2 aromatic rings. The molecule has 0 aliphatic carbocycles. The van der Waals surface area contributed by atoms with Crippen LogP contribution in [0, 0.1) is 0 Å². The van der Waals surface area contributed by atoms with Crippen molar-refractivity contribution in [1.29, 1.82) is 0 Å². The highest BCUT2D eigenvalue weighted by Gasteiger charge is 2.58. The molecule has 3 atom stereocenters. The first-order chi connectivity index (χ1) is 16.8. The van der Waals surface area contributed by atoms with Gasteiger partial charge in [0.2, 0.25) is 0 Å². The number of aromatic nitrogens is 1. The monoisotopic (exact) mass is 501 g/mol. The van der Waals surface area contributed by atoms with Crippen molar-refractivity contribution in [2.45, 2.75) is 52.1 Å². The lowest BCUT2D eigenvalue weighted by atomic mass is 9.68. The second-order valence-corrected chi connectivity index (χ2v) is 8.80. The van der Waals surface area contributed by atoms with Crippen molar-refractivity contribution in [3.8, 4) is 0 Å². The molecule has 1 aliphatic heterocycles. The van der Waals surface area contributed by atoms with Gasteiger partial charge in [-0.1, -0.05) is 30.3 Å². The van der Waals surface area contributed by atoms with Crippen molar-refractivity contribution in [3.05, 3.63) is 58.2 Å². The predicted molar refractivity (Wildman–Crippen MR) is 132 cm³/mol. The Morgan fingerprint density at radius 2 is 1.66 bits per heavy atom. The van der Waals surface area contributed by atoms with E-state index >= 15 is 0 Å². The number of anilines is 1. The number of ether oxygens (including phenoxy) is 3. The van der Waals surface area contributed by atoms with Gasteiger partial charge in [0, 0.05) is 11.1 Å². The molecular formula is C25H31N3O6S. The summed E-state index contributed by atoms with van der Waals surface area (Å²) in [5.41, 5.74) is 0.300. The zero-order chi connectivity index (χ0) is 25.6. The fourth-order valence-corrected chi connectivity index (χ4v) is 5.10. The van der Waals surface area contributed by atoms with Gasteiger partial charge in [-0.15, -0.1) is 11.3 Å². The highest BCUT2D eigenvalue weighted by Crippen LogP contribution is 2.45. The third-order valence-electron chi connectivity index (χ3n) is 5.81. The molecule has 0 radical (unpaired) electrons. The van der Waals surface area contributed by atoms with Crippen LogP contribution in [0.4, 0.5) is 5.13 Å². The average molecular weight is 502 g/mol. The van der Waals surface area contributed by atoms with Crippen LogP contribution < -0.4 is 10.6 Å². The minimum atomic E-state index is -1.48. The van der Waals surface area contributed by atoms with Gasteiger partial charge >= 0.3 is 17.9 Å². The summed E-state index contributed by atoms with van der Waals surface area (Å²) in [6.07, 6.45) is 0. The summed E-state index contributed by atoms with van der Waals surface area (Å²) in [6.45, 7) is 9.33. The van der Waals surface area contributed by atoms with E-state index in [1.54, 1.807) is 33.1 Å². The second kappa shape index (κ2) is 11.4. The molecule has 3 rings (SSSR count). The highest BCUT2D eigenvalue weighted by atomic mass is 32.1. The number of thiazole rings is 1. The van der Waals surface area contributed by atoms with E-state index < -0.39 is 35.4 Å². The summed E-state index contributed by atoms with van der Waals surface area (Å²) >= 11 is 1.16. The Hall–Kier alpha value is -3.40. The molecule has 1 aliphatic rings. The quantitative estimate of drug-likeness (QED) is 0.392. The van der Waals surface area contributed by atoms with Crippen LogP contribution in [0.1, 0.15) is 56.6 Å². The van der Waals surface area contributed by atoms with E-state index in [9.17, 15) is 14.4 Å². The predicted octanol–water partition coefficient (Wildman–Crippen LogP) is 3.65. The largest absolute Gasteiger partial charge is 0.464 e. The van der Waals surface area contributed by atoms with E-state index in [2.05, 4.69) is 15.6 Å². The number of rotatable bonds is 9. The summed E-state index contributed by atoms with van der Waals surface area (Å²) in [4.78, 5) is 43.5. The lowest BCUT2D eigenvalue weighted by Crippen LogP contribution is -2.66. The first-order valence-corrected chi connectivity index (χ1v) is 12.4. The fourth-order valence-electron chi connectivity index (χ4n) is 4.35. The summed E-state index contributed by atoms with van der Waals surface area (Å²) in [5.74, 6) is -2.41. The molecule has 1 aromatic carbocycles. The van der Waals surface area contributed by atoms with Gasteiger partial charge in [0.1, 0.15) is 0 Å². The molecule has 0 saturated carbocycles. The molecule has 2 heterocycles. The van der Waals surface area contributed by atoms with Crippen LogP contribution in [0.5, 0.6) is 0 Å². The maximum absolute atomic E-state index is 13.8. The van der Waals surface area contributed by atoms with Crippen molar-refractivity contribution in [1.82, 2.24) is 10.3 Å². The van der Waals surface area contributed by atoms with Gasteiger partial charge < -0.3 is 24.8 Å². The average Bonchev–Trinajstić information content (AvgIpc) is 3.30. The number of hydrogen-bond acceptors (Lipinski definition) is 10. The molecule has 0 spiro atoms. The van der Waals surface area contributed by atoms with Crippen molar-refractivity contribution >= 4 is 34.4 Å². The van der Waals surface area contributed by atoms with E-state index in [1.807, 2.05) is 37.3 Å². The summed E-state index contributed by atoms with van der Waals surface area (Å²) in [6, 6.07) is 8.74. The zero-order valence-electron chi connectivity index (χ0n) is 20.5. The van der Waals surface area contributed by atoms with Crippen LogP contribution in [0.15, 0.2) is 47.0 Å². The van der Waals surface area contributed by atoms with Crippen LogP contribution >= 0.6 is 11.3 Å². The highest BCUT2D eigenvalue weighted by molar-refractivity contribution is 7.13. The Morgan fingerprint density at radius 1 is 1.03 bits per heavy atom. The van der Waals surface area contributed by atoms with Gasteiger partial charge in [-0.2, -0.15) is 0 Å². The van der Waals surface area contributed by atoms with Gasteiger partial charge in [0.25, 0.3) is 0 Å². The summed E-state index contributed by atoms with van der Waals surface area (Å²) in [5, 5.41) is 8.41. The van der Waals surface area contributed by atoms with Gasteiger partial charge in [-0.25, -0.2) is 19.4 Å². The van der Waals surface area contributed by atoms with Crippen LogP contribution in [0.2, 0.25) is 0 Å². The maximum atomic E-state index is 13.8. The van der Waals surface area contributed by atoms with Crippen LogP contribution in [0.25, 0.3) is 0 Å². The fraction of sp³-hybridized carbons (Fsp3) is 0.440. The Labute approximate surface area is 208 Å². The molecule has 0 fully saturated rings. The minimum Gasteiger partial charge on any atom is -0.464 e. The molecule has 35 heavy (non-hydrogen) atoms. The minimum absolute atomic E-state index is 0.128. The van der Waals surface area contributed by atoms with E-state index in [1.165, 1.54) is 0 Å². The molecule has 1 aromatic heterocycles. The molecule has 0 saturated heterocycles. The smallest absolute Gasteiger partial charge is 0.357 e. The molecule has 188 valence electrons. The number of benzene rings is 1. The SMILES string of the molecule is CCOC(=O)C1=C(C)NC(C)C(Nc2nc(C(=O)OCC)cs2)(C(=O)OCC)C1c1ccccc1.